The number of hydrogen-bond acceptors (Lipinski definition) is 4. The minimum atomic E-state index is -0.724. The summed E-state index contributed by atoms with van der Waals surface area (Å²) in [6.45, 7) is 10.4. The zero-order valence-electron chi connectivity index (χ0n) is 32.7. The van der Waals surface area contributed by atoms with E-state index in [0.29, 0.717) is 36.1 Å². The van der Waals surface area contributed by atoms with Gasteiger partial charge in [-0.2, -0.15) is 0 Å². The van der Waals surface area contributed by atoms with Crippen molar-refractivity contribution >= 4 is 5.97 Å². The minimum absolute atomic E-state index is 0.199. The van der Waals surface area contributed by atoms with Crippen LogP contribution in [0.3, 0.4) is 0 Å². The van der Waals surface area contributed by atoms with E-state index in [1.807, 2.05) is 0 Å². The van der Waals surface area contributed by atoms with Crippen molar-refractivity contribution in [2.75, 3.05) is 6.54 Å². The van der Waals surface area contributed by atoms with Crippen LogP contribution in [0.15, 0.2) is 0 Å². The highest BCUT2D eigenvalue weighted by atomic mass is 16.4. The van der Waals surface area contributed by atoms with E-state index in [1.54, 1.807) is 0 Å². The average Bonchev–Trinajstić information content (AvgIpc) is 3.44. The van der Waals surface area contributed by atoms with Gasteiger partial charge in [-0.05, 0) is 111 Å². The highest BCUT2D eigenvalue weighted by Gasteiger charge is 2.65. The molecule has 0 aromatic rings. The van der Waals surface area contributed by atoms with Gasteiger partial charge in [0.25, 0.3) is 0 Å². The van der Waals surface area contributed by atoms with Crippen LogP contribution in [0.5, 0.6) is 0 Å². The Kier molecular flexibility index (Phi) is 17.2. The van der Waals surface area contributed by atoms with Crippen molar-refractivity contribution in [1.29, 1.82) is 0 Å². The Morgan fingerprint density at radius 3 is 1.84 bits per heavy atom. The van der Waals surface area contributed by atoms with Crippen molar-refractivity contribution < 1.29 is 20.1 Å². The zero-order chi connectivity index (χ0) is 35.3. The topological polar surface area (TPSA) is 89.8 Å². The predicted octanol–water partition coefficient (Wildman–Crippen LogP) is 11.1. The monoisotopic (exact) mass is 688 g/mol. The maximum atomic E-state index is 11.8. The van der Waals surface area contributed by atoms with Crippen molar-refractivity contribution in [3.63, 3.8) is 0 Å². The van der Waals surface area contributed by atoms with Gasteiger partial charge >= 0.3 is 5.97 Å². The van der Waals surface area contributed by atoms with Crippen molar-refractivity contribution in [2.45, 2.75) is 219 Å². The minimum Gasteiger partial charge on any atom is -0.481 e. The Labute approximate surface area is 303 Å². The van der Waals surface area contributed by atoms with Crippen LogP contribution in [0.25, 0.3) is 0 Å². The number of carboxylic acids is 1. The molecule has 5 heteroatoms. The summed E-state index contributed by atoms with van der Waals surface area (Å²) in [6, 6.07) is 0.567. The van der Waals surface area contributed by atoms with Crippen LogP contribution in [0.2, 0.25) is 0 Å². The molecule has 4 rings (SSSR count). The number of aliphatic carboxylic acids is 1. The molecule has 5 nitrogen and oxygen atoms in total. The van der Waals surface area contributed by atoms with Crippen LogP contribution in [-0.4, -0.2) is 46.1 Å². The molecular formula is C44H81NO4. The zero-order valence-corrected chi connectivity index (χ0v) is 32.7. The first kappa shape index (κ1) is 41.1. The highest BCUT2D eigenvalue weighted by molar-refractivity contribution is 5.66. The summed E-state index contributed by atoms with van der Waals surface area (Å²) in [4.78, 5) is 11.3. The third-order valence-electron chi connectivity index (χ3n) is 15.3. The third kappa shape index (κ3) is 10.9. The second kappa shape index (κ2) is 20.6. The molecule has 0 aromatic heterocycles. The standard InChI is InChI=1S/C44H81NO4/c1-5-6-7-8-9-10-11-12-13-14-15-16-17-18-19-20-21-22-29-45-35-27-28-43(3)34(30-35)31-39(46)42-37-25-24-36(33(2)23-26-41(48)49)44(37,4)40(47)32-38(42)43/h33-40,42,45-47H,5-32H2,1-4H3,(H,48,49)/t33-,34+,35+,36-,37?,38?,39-,40+,42?,43+,44-/m1/s1. The smallest absolute Gasteiger partial charge is 0.303 e. The second-order valence-electron chi connectivity index (χ2n) is 18.4. The lowest BCUT2D eigenvalue weighted by molar-refractivity contribution is -0.202. The summed E-state index contributed by atoms with van der Waals surface area (Å²) in [5, 5.41) is 36.8. The number of hydrogen-bond donors (Lipinski definition) is 4. The second-order valence-corrected chi connectivity index (χ2v) is 18.4. The summed E-state index contributed by atoms with van der Waals surface area (Å²) >= 11 is 0. The first-order chi connectivity index (χ1) is 23.6. The summed E-state index contributed by atoms with van der Waals surface area (Å²) in [5.41, 5.74) is -0.0145. The van der Waals surface area contributed by atoms with E-state index in [1.165, 1.54) is 135 Å². The number of aliphatic hydroxyl groups excluding tert-OH is 2. The number of carboxylic acid groups (broad SMARTS) is 1. The third-order valence-corrected chi connectivity index (χ3v) is 15.3. The number of fused-ring (bicyclic) bond motifs is 5. The van der Waals surface area contributed by atoms with Crippen molar-refractivity contribution in [3.8, 4) is 0 Å². The molecule has 49 heavy (non-hydrogen) atoms. The van der Waals surface area contributed by atoms with Gasteiger partial charge in [0.2, 0.25) is 0 Å². The first-order valence-corrected chi connectivity index (χ1v) is 21.9. The van der Waals surface area contributed by atoms with Gasteiger partial charge in [-0.3, -0.25) is 4.79 Å². The Morgan fingerprint density at radius 2 is 1.29 bits per heavy atom. The van der Waals surface area contributed by atoms with E-state index in [2.05, 4.69) is 33.0 Å². The van der Waals surface area contributed by atoms with Gasteiger partial charge in [-0.15, -0.1) is 0 Å². The molecular weight excluding hydrogens is 606 g/mol. The van der Waals surface area contributed by atoms with E-state index in [0.717, 1.165) is 32.2 Å². The van der Waals surface area contributed by atoms with Crippen molar-refractivity contribution in [2.24, 2.45) is 46.3 Å². The maximum Gasteiger partial charge on any atom is 0.303 e. The number of aliphatic hydroxyl groups is 2. The molecule has 4 aliphatic carbocycles. The molecule has 4 aliphatic rings. The quantitative estimate of drug-likeness (QED) is 0.0758. The molecule has 0 bridgehead atoms. The van der Waals surface area contributed by atoms with Gasteiger partial charge in [0.15, 0.2) is 0 Å². The highest BCUT2D eigenvalue weighted by Crippen LogP contribution is 2.68. The number of nitrogens with one attached hydrogen (secondary N) is 1. The average molecular weight is 688 g/mol. The normalized spacial score (nSPS) is 36.2. The summed E-state index contributed by atoms with van der Waals surface area (Å²) < 4.78 is 0. The van der Waals surface area contributed by atoms with Crippen LogP contribution >= 0.6 is 0 Å². The largest absolute Gasteiger partial charge is 0.481 e. The molecule has 3 unspecified atom stereocenters. The number of unbranched alkanes of at least 4 members (excludes halogenated alkanes) is 17. The van der Waals surface area contributed by atoms with Gasteiger partial charge in [0, 0.05) is 12.5 Å². The van der Waals surface area contributed by atoms with Gasteiger partial charge in [-0.1, -0.05) is 137 Å². The molecule has 0 radical (unpaired) electrons. The van der Waals surface area contributed by atoms with Gasteiger partial charge in [-0.25, -0.2) is 0 Å². The molecule has 11 atom stereocenters. The van der Waals surface area contributed by atoms with E-state index in [9.17, 15) is 20.1 Å². The van der Waals surface area contributed by atoms with E-state index >= 15 is 0 Å². The van der Waals surface area contributed by atoms with Crippen LogP contribution in [0.4, 0.5) is 0 Å². The SMILES string of the molecule is CCCCCCCCCCCCCCCCCCCCN[C@H]1CC[C@]2(C)C3C[C@H](O)[C@@]4(C)C(CC[C@@H]4[C@H](C)CCC(=O)O)C3[C@H](O)C[C@@H]2C1. The summed E-state index contributed by atoms with van der Waals surface area (Å²) in [6.07, 6.45) is 33.2. The maximum absolute atomic E-state index is 11.8. The lowest BCUT2D eigenvalue weighted by atomic mass is 9.43. The molecule has 0 aliphatic heterocycles. The van der Waals surface area contributed by atoms with Crippen LogP contribution in [0.1, 0.15) is 201 Å². The molecule has 0 amide bonds. The van der Waals surface area contributed by atoms with Crippen LogP contribution < -0.4 is 5.32 Å². The Morgan fingerprint density at radius 1 is 0.735 bits per heavy atom. The molecule has 286 valence electrons. The van der Waals surface area contributed by atoms with Gasteiger partial charge in [0.1, 0.15) is 0 Å². The summed E-state index contributed by atoms with van der Waals surface area (Å²) in [5.74, 6) is 1.42. The van der Waals surface area contributed by atoms with E-state index in [4.69, 9.17) is 0 Å². The summed E-state index contributed by atoms with van der Waals surface area (Å²) in [7, 11) is 0. The Hall–Kier alpha value is -0.650. The predicted molar refractivity (Wildman–Crippen MR) is 205 cm³/mol. The van der Waals surface area contributed by atoms with E-state index in [-0.39, 0.29) is 41.3 Å². The molecule has 4 N–H and O–H groups in total. The fraction of sp³-hybridized carbons (Fsp3) is 0.977. The van der Waals surface area contributed by atoms with Gasteiger partial charge in [0.05, 0.1) is 12.2 Å². The van der Waals surface area contributed by atoms with Crippen LogP contribution in [-0.2, 0) is 4.79 Å². The molecule has 0 saturated heterocycles. The lowest BCUT2D eigenvalue weighted by Gasteiger charge is -2.63. The van der Waals surface area contributed by atoms with Crippen molar-refractivity contribution in [3.05, 3.63) is 0 Å². The van der Waals surface area contributed by atoms with Crippen LogP contribution in [0, 0.1) is 46.3 Å². The molecule has 0 spiro atoms. The molecule has 4 saturated carbocycles. The first-order valence-electron chi connectivity index (χ1n) is 21.9. The molecule has 0 heterocycles. The van der Waals surface area contributed by atoms with Crippen molar-refractivity contribution in [1.82, 2.24) is 5.32 Å². The molecule has 0 aromatic carbocycles. The number of carbonyl (C=O) groups is 1. The lowest BCUT2D eigenvalue weighted by Crippen LogP contribution is -2.62. The Bertz CT molecular complexity index is 942. The fourth-order valence-electron chi connectivity index (χ4n) is 12.2. The number of rotatable bonds is 24. The fourth-order valence-corrected chi connectivity index (χ4v) is 12.2. The molecule has 4 fully saturated rings. The Balaban J connectivity index is 1.07. The van der Waals surface area contributed by atoms with E-state index < -0.39 is 5.97 Å². The van der Waals surface area contributed by atoms with Gasteiger partial charge < -0.3 is 20.6 Å².